The van der Waals surface area contributed by atoms with Gasteiger partial charge in [0.15, 0.2) is 0 Å². The van der Waals surface area contributed by atoms with Crippen LogP contribution in [0.25, 0.3) is 9.65 Å². The molecule has 0 N–H and O–H groups in total. The molecule has 2 rings (SSSR count). The quantitative estimate of drug-likeness (QED) is 0.588. The molecule has 2 aromatic rings. The third kappa shape index (κ3) is 3.92. The van der Waals surface area contributed by atoms with E-state index in [9.17, 15) is 13.2 Å². The fourth-order valence-corrected chi connectivity index (χ4v) is 5.34. The van der Waals surface area contributed by atoms with E-state index in [2.05, 4.69) is 13.8 Å². The van der Waals surface area contributed by atoms with Crippen molar-refractivity contribution in [2.45, 2.75) is 58.5 Å². The van der Waals surface area contributed by atoms with Gasteiger partial charge in [-0.05, 0) is 0 Å². The number of fused-ring (bicyclic) bond motifs is 1. The summed E-state index contributed by atoms with van der Waals surface area (Å²) in [4.78, 5) is 0. The van der Waals surface area contributed by atoms with Crippen LogP contribution in [-0.4, -0.2) is 14.5 Å². The van der Waals surface area contributed by atoms with Gasteiger partial charge in [0.05, 0.1) is 0 Å². The zero-order valence-electron chi connectivity index (χ0n) is 12.5. The van der Waals surface area contributed by atoms with Gasteiger partial charge in [0.25, 0.3) is 0 Å². The van der Waals surface area contributed by atoms with Crippen LogP contribution in [0.2, 0.25) is 0 Å². The van der Waals surface area contributed by atoms with Crippen molar-refractivity contribution in [3.8, 4) is 0 Å². The number of aryl methyl sites for hydroxylation is 2. The summed E-state index contributed by atoms with van der Waals surface area (Å²) in [7, 11) is 0. The number of unbranched alkanes of at least 4 members (excludes halogenated alkanes) is 2. The van der Waals surface area contributed by atoms with Crippen LogP contribution in [0.3, 0.4) is 0 Å². The molecule has 1 heterocycles. The fourth-order valence-electron chi connectivity index (χ4n) is 2.54. The molecule has 1 aromatic heterocycles. The normalized spacial score (nSPS) is 12.2. The summed E-state index contributed by atoms with van der Waals surface area (Å²) < 4.78 is 40.9. The minimum atomic E-state index is -4.24. The SMILES string of the molecule is CCCCc1[se]c2cc(C(F)(F)F)ccc2c1CCCC. The van der Waals surface area contributed by atoms with Crippen LogP contribution in [0.15, 0.2) is 18.2 Å². The summed E-state index contributed by atoms with van der Waals surface area (Å²) in [5.74, 6) is 0. The molecule has 0 aliphatic carbocycles. The number of benzene rings is 1. The van der Waals surface area contributed by atoms with Crippen molar-refractivity contribution in [1.29, 1.82) is 0 Å². The van der Waals surface area contributed by atoms with Crippen molar-refractivity contribution >= 4 is 24.1 Å². The Morgan fingerprint density at radius 1 is 1.00 bits per heavy atom. The maximum atomic E-state index is 12.8. The number of hydrogen-bond donors (Lipinski definition) is 0. The Morgan fingerprint density at radius 3 is 2.29 bits per heavy atom. The average Bonchev–Trinajstić information content (AvgIpc) is 2.78. The first kappa shape index (κ1) is 16.6. The van der Waals surface area contributed by atoms with E-state index in [1.54, 1.807) is 6.07 Å². The molecule has 0 bridgehead atoms. The maximum absolute atomic E-state index is 12.8. The van der Waals surface area contributed by atoms with Gasteiger partial charge in [-0.25, -0.2) is 0 Å². The van der Waals surface area contributed by atoms with Crippen LogP contribution < -0.4 is 0 Å². The number of hydrogen-bond acceptors (Lipinski definition) is 0. The monoisotopic (exact) mass is 362 g/mol. The Labute approximate surface area is 130 Å². The molecule has 0 atom stereocenters. The van der Waals surface area contributed by atoms with Gasteiger partial charge in [-0.15, -0.1) is 0 Å². The molecule has 0 unspecified atom stereocenters. The molecular weight excluding hydrogens is 340 g/mol. The summed E-state index contributed by atoms with van der Waals surface area (Å²) in [6.07, 6.45) is 2.31. The summed E-state index contributed by atoms with van der Waals surface area (Å²) in [5, 5.41) is 1.09. The van der Waals surface area contributed by atoms with Crippen molar-refractivity contribution in [3.05, 3.63) is 33.8 Å². The summed E-state index contributed by atoms with van der Waals surface area (Å²) in [6.45, 7) is 4.31. The van der Waals surface area contributed by atoms with E-state index in [1.165, 1.54) is 22.1 Å². The van der Waals surface area contributed by atoms with Gasteiger partial charge in [-0.3, -0.25) is 0 Å². The predicted octanol–water partition coefficient (Wildman–Crippen LogP) is 5.60. The van der Waals surface area contributed by atoms with Crippen LogP contribution in [-0.2, 0) is 19.0 Å². The van der Waals surface area contributed by atoms with E-state index >= 15 is 0 Å². The molecule has 0 fully saturated rings. The van der Waals surface area contributed by atoms with Crippen molar-refractivity contribution in [1.82, 2.24) is 0 Å². The second-order valence-electron chi connectivity index (χ2n) is 5.42. The fraction of sp³-hybridized carbons (Fsp3) is 0.529. The van der Waals surface area contributed by atoms with E-state index in [1.807, 2.05) is 0 Å². The third-order valence-electron chi connectivity index (χ3n) is 3.74. The van der Waals surface area contributed by atoms with E-state index in [4.69, 9.17) is 0 Å². The van der Waals surface area contributed by atoms with Crippen LogP contribution in [0.4, 0.5) is 13.2 Å². The van der Waals surface area contributed by atoms with Gasteiger partial charge >= 0.3 is 130 Å². The van der Waals surface area contributed by atoms with Crippen LogP contribution in [0.5, 0.6) is 0 Å². The van der Waals surface area contributed by atoms with Gasteiger partial charge in [0.1, 0.15) is 0 Å². The Morgan fingerprint density at radius 2 is 1.67 bits per heavy atom. The molecule has 4 heteroatoms. The topological polar surface area (TPSA) is 0 Å². The molecule has 0 spiro atoms. The minimum absolute atomic E-state index is 0.0782. The zero-order chi connectivity index (χ0) is 15.5. The first-order valence-corrected chi connectivity index (χ1v) is 9.30. The van der Waals surface area contributed by atoms with Gasteiger partial charge in [0, 0.05) is 0 Å². The molecule has 0 saturated heterocycles. The molecule has 116 valence electrons. The first-order chi connectivity index (χ1) is 9.97. The summed E-state index contributed by atoms with van der Waals surface area (Å²) in [5.41, 5.74) is 0.837. The molecule has 0 aliphatic rings. The third-order valence-corrected chi connectivity index (χ3v) is 6.37. The Bertz CT molecular complexity index is 596. The second kappa shape index (κ2) is 7.02. The molecule has 21 heavy (non-hydrogen) atoms. The zero-order valence-corrected chi connectivity index (χ0v) is 14.2. The van der Waals surface area contributed by atoms with Gasteiger partial charge in [-0.2, -0.15) is 0 Å². The molecule has 0 radical (unpaired) electrons. The predicted molar refractivity (Wildman–Crippen MR) is 83.1 cm³/mol. The number of alkyl halides is 3. The Hall–Kier alpha value is -0.731. The van der Waals surface area contributed by atoms with Gasteiger partial charge in [0.2, 0.25) is 0 Å². The standard InChI is InChI=1S/C17H21F3Se/c1-3-5-7-13-14-10-9-12(17(18,19)20)11-16(14)21-15(13)8-6-4-2/h9-11H,3-8H2,1-2H3. The number of rotatable bonds is 6. The van der Waals surface area contributed by atoms with Crippen LogP contribution in [0.1, 0.15) is 55.1 Å². The van der Waals surface area contributed by atoms with Crippen LogP contribution >= 0.6 is 0 Å². The van der Waals surface area contributed by atoms with Gasteiger partial charge < -0.3 is 0 Å². The number of halogens is 3. The molecule has 0 amide bonds. The molecule has 0 nitrogen and oxygen atoms in total. The van der Waals surface area contributed by atoms with Crippen molar-refractivity contribution in [3.63, 3.8) is 0 Å². The first-order valence-electron chi connectivity index (χ1n) is 7.58. The molecule has 1 aromatic carbocycles. The van der Waals surface area contributed by atoms with Crippen molar-refractivity contribution < 1.29 is 13.2 Å². The van der Waals surface area contributed by atoms with E-state index in [0.29, 0.717) is 0 Å². The van der Waals surface area contributed by atoms with E-state index in [0.717, 1.165) is 48.2 Å². The summed E-state index contributed by atoms with van der Waals surface area (Å²) >= 11 is 0.0782. The van der Waals surface area contributed by atoms with Crippen molar-refractivity contribution in [2.24, 2.45) is 0 Å². The van der Waals surface area contributed by atoms with E-state index < -0.39 is 11.7 Å². The van der Waals surface area contributed by atoms with Crippen LogP contribution in [0, 0.1) is 0 Å². The Kier molecular flexibility index (Phi) is 5.56. The molecule has 0 aliphatic heterocycles. The van der Waals surface area contributed by atoms with E-state index in [-0.39, 0.29) is 14.5 Å². The second-order valence-corrected chi connectivity index (χ2v) is 7.80. The molecule has 0 saturated carbocycles. The molecular formula is C17H21F3Se. The van der Waals surface area contributed by atoms with Crippen molar-refractivity contribution in [2.75, 3.05) is 0 Å². The average molecular weight is 361 g/mol. The van der Waals surface area contributed by atoms with Gasteiger partial charge in [-0.1, -0.05) is 0 Å². The Balaban J connectivity index is 2.45. The summed E-state index contributed by atoms with van der Waals surface area (Å²) in [6, 6.07) is 4.31.